The molecule has 0 aliphatic rings. The summed E-state index contributed by atoms with van der Waals surface area (Å²) < 4.78 is 13.9. The van der Waals surface area contributed by atoms with Crippen LogP contribution in [0.3, 0.4) is 0 Å². The lowest BCUT2D eigenvalue weighted by Gasteiger charge is -2.09. The zero-order valence-corrected chi connectivity index (χ0v) is 12.1. The molecule has 0 bridgehead atoms. The van der Waals surface area contributed by atoms with E-state index >= 15 is 0 Å². The molecule has 0 saturated carbocycles. The van der Waals surface area contributed by atoms with Crippen LogP contribution in [0.4, 0.5) is 4.39 Å². The summed E-state index contributed by atoms with van der Waals surface area (Å²) in [7, 11) is 0. The van der Waals surface area contributed by atoms with Gasteiger partial charge in [0.2, 0.25) is 0 Å². The fourth-order valence-corrected chi connectivity index (χ4v) is 2.29. The van der Waals surface area contributed by atoms with Crippen molar-refractivity contribution in [1.82, 2.24) is 10.3 Å². The van der Waals surface area contributed by atoms with Gasteiger partial charge in [0.05, 0.1) is 5.52 Å². The third-order valence-corrected chi connectivity index (χ3v) is 3.60. The number of aromatic nitrogens is 1. The number of nitrogens with one attached hydrogen (secondary N) is 2. The second-order valence-corrected chi connectivity index (χ2v) is 5.26. The Kier molecular flexibility index (Phi) is 4.21. The Balaban J connectivity index is 2.21. The second-order valence-electron chi connectivity index (χ2n) is 4.41. The van der Waals surface area contributed by atoms with E-state index in [-0.39, 0.29) is 17.8 Å². The highest BCUT2D eigenvalue weighted by Crippen LogP contribution is 2.26. The number of fused-ring (bicyclic) bond motifs is 1. The highest BCUT2D eigenvalue weighted by atomic mass is 79.9. The molecule has 2 aromatic rings. The molecule has 0 radical (unpaired) electrons. The molecule has 0 aliphatic heterocycles. The summed E-state index contributed by atoms with van der Waals surface area (Å²) in [6, 6.07) is 4.35. The predicted molar refractivity (Wildman–Crippen MR) is 76.6 cm³/mol. The van der Waals surface area contributed by atoms with Crippen LogP contribution in [0.2, 0.25) is 0 Å². The van der Waals surface area contributed by atoms with Gasteiger partial charge in [0.25, 0.3) is 5.91 Å². The van der Waals surface area contributed by atoms with Crippen LogP contribution in [-0.4, -0.2) is 23.5 Å². The van der Waals surface area contributed by atoms with Crippen LogP contribution in [0, 0.1) is 5.82 Å². The van der Waals surface area contributed by atoms with E-state index in [1.807, 2.05) is 6.92 Å². The molecule has 1 heterocycles. The molecule has 1 aromatic heterocycles. The number of H-pyrrole nitrogens is 1. The minimum absolute atomic E-state index is 0.0579. The van der Waals surface area contributed by atoms with E-state index in [1.165, 1.54) is 12.1 Å². The van der Waals surface area contributed by atoms with Crippen LogP contribution in [-0.2, 0) is 0 Å². The number of aromatic amines is 1. The van der Waals surface area contributed by atoms with Crippen molar-refractivity contribution in [2.24, 2.45) is 5.73 Å². The van der Waals surface area contributed by atoms with E-state index in [4.69, 9.17) is 5.73 Å². The van der Waals surface area contributed by atoms with Gasteiger partial charge in [0.15, 0.2) is 0 Å². The van der Waals surface area contributed by atoms with Gasteiger partial charge in [-0.15, -0.1) is 0 Å². The summed E-state index contributed by atoms with van der Waals surface area (Å²) in [6.07, 6.45) is 0.795. The molecule has 2 rings (SSSR count). The normalized spacial score (nSPS) is 12.6. The van der Waals surface area contributed by atoms with Gasteiger partial charge >= 0.3 is 0 Å². The third kappa shape index (κ3) is 3.13. The van der Waals surface area contributed by atoms with Crippen molar-refractivity contribution in [3.63, 3.8) is 0 Å². The summed E-state index contributed by atoms with van der Waals surface area (Å²) in [6.45, 7) is 2.37. The fourth-order valence-electron chi connectivity index (χ4n) is 1.75. The Morgan fingerprint density at radius 3 is 2.95 bits per heavy atom. The Morgan fingerprint density at radius 1 is 1.53 bits per heavy atom. The summed E-state index contributed by atoms with van der Waals surface area (Å²) in [4.78, 5) is 14.8. The number of amides is 1. The number of halogens is 2. The first-order valence-corrected chi connectivity index (χ1v) is 6.82. The largest absolute Gasteiger partial charge is 0.350 e. The highest BCUT2D eigenvalue weighted by molar-refractivity contribution is 9.10. The minimum Gasteiger partial charge on any atom is -0.350 e. The Morgan fingerprint density at radius 2 is 2.26 bits per heavy atom. The van der Waals surface area contributed by atoms with E-state index in [2.05, 4.69) is 26.2 Å². The number of hydrogen-bond acceptors (Lipinski definition) is 2. The third-order valence-electron chi connectivity index (χ3n) is 2.95. The lowest BCUT2D eigenvalue weighted by molar-refractivity contribution is 0.0947. The number of benzene rings is 1. The van der Waals surface area contributed by atoms with E-state index in [0.717, 1.165) is 11.8 Å². The maximum absolute atomic E-state index is 13.2. The van der Waals surface area contributed by atoms with Crippen molar-refractivity contribution in [2.45, 2.75) is 19.4 Å². The van der Waals surface area contributed by atoms with Gasteiger partial charge in [-0.1, -0.05) is 6.92 Å². The monoisotopic (exact) mass is 327 g/mol. The number of nitrogens with two attached hydrogens (primary N) is 1. The molecule has 6 heteroatoms. The Bertz CT molecular complexity index is 611. The van der Waals surface area contributed by atoms with Crippen molar-refractivity contribution in [3.8, 4) is 0 Å². The standard InChI is InChI=1S/C13H15BrFN3O/c1-2-8(16)6-17-13(19)12-5-9-10(14)3-7(15)4-11(9)18-12/h3-5,8,18H,2,6,16H2,1H3,(H,17,19). The fraction of sp³-hybridized carbons (Fsp3) is 0.308. The van der Waals surface area contributed by atoms with Gasteiger partial charge in [-0.2, -0.15) is 0 Å². The van der Waals surface area contributed by atoms with Crippen molar-refractivity contribution in [2.75, 3.05) is 6.54 Å². The lowest BCUT2D eigenvalue weighted by atomic mass is 10.2. The van der Waals surface area contributed by atoms with Crippen molar-refractivity contribution in [3.05, 3.63) is 34.2 Å². The molecule has 1 amide bonds. The van der Waals surface area contributed by atoms with E-state index in [1.54, 1.807) is 6.07 Å². The van der Waals surface area contributed by atoms with E-state index in [9.17, 15) is 9.18 Å². The van der Waals surface area contributed by atoms with Crippen molar-refractivity contribution >= 4 is 32.7 Å². The quantitative estimate of drug-likeness (QED) is 0.807. The number of carbonyl (C=O) groups excluding carboxylic acids is 1. The Labute approximate surface area is 118 Å². The molecular weight excluding hydrogens is 313 g/mol. The van der Waals surface area contributed by atoms with Crippen LogP contribution in [0.1, 0.15) is 23.8 Å². The zero-order valence-electron chi connectivity index (χ0n) is 10.5. The summed E-state index contributed by atoms with van der Waals surface area (Å²) >= 11 is 3.27. The minimum atomic E-state index is -0.360. The van der Waals surface area contributed by atoms with Crippen LogP contribution in [0.15, 0.2) is 22.7 Å². The van der Waals surface area contributed by atoms with Crippen LogP contribution >= 0.6 is 15.9 Å². The molecule has 102 valence electrons. The highest BCUT2D eigenvalue weighted by Gasteiger charge is 2.12. The molecule has 19 heavy (non-hydrogen) atoms. The van der Waals surface area contributed by atoms with Gasteiger partial charge in [-0.05, 0) is 40.5 Å². The number of rotatable bonds is 4. The second kappa shape index (κ2) is 5.71. The van der Waals surface area contributed by atoms with Crippen LogP contribution in [0.25, 0.3) is 10.9 Å². The summed E-state index contributed by atoms with van der Waals surface area (Å²) in [5, 5.41) is 3.51. The van der Waals surface area contributed by atoms with E-state index < -0.39 is 0 Å². The Hall–Kier alpha value is -1.40. The predicted octanol–water partition coefficient (Wildman–Crippen LogP) is 2.54. The van der Waals surface area contributed by atoms with E-state index in [0.29, 0.717) is 22.2 Å². The summed E-state index contributed by atoms with van der Waals surface area (Å²) in [5.41, 5.74) is 6.71. The average molecular weight is 328 g/mol. The molecule has 1 atom stereocenters. The molecule has 1 aromatic carbocycles. The van der Waals surface area contributed by atoms with Crippen LogP contribution in [0.5, 0.6) is 0 Å². The first-order chi connectivity index (χ1) is 9.01. The SMILES string of the molecule is CCC(N)CNC(=O)c1cc2c(Br)cc(F)cc2[nH]1. The van der Waals surface area contributed by atoms with Crippen LogP contribution < -0.4 is 11.1 Å². The van der Waals surface area contributed by atoms with Gasteiger partial charge in [0, 0.05) is 22.4 Å². The smallest absolute Gasteiger partial charge is 0.267 e. The van der Waals surface area contributed by atoms with Crippen molar-refractivity contribution < 1.29 is 9.18 Å². The number of carbonyl (C=O) groups is 1. The summed E-state index contributed by atoms with van der Waals surface area (Å²) in [5.74, 6) is -0.603. The average Bonchev–Trinajstić information content (AvgIpc) is 2.79. The molecule has 0 saturated heterocycles. The molecule has 0 fully saturated rings. The molecule has 1 unspecified atom stereocenters. The lowest BCUT2D eigenvalue weighted by Crippen LogP contribution is -2.36. The maximum atomic E-state index is 13.2. The van der Waals surface area contributed by atoms with Gasteiger partial charge in [-0.25, -0.2) is 4.39 Å². The molecule has 4 N–H and O–H groups in total. The molecule has 0 spiro atoms. The maximum Gasteiger partial charge on any atom is 0.267 e. The zero-order chi connectivity index (χ0) is 14.0. The topological polar surface area (TPSA) is 70.9 Å². The molecule has 4 nitrogen and oxygen atoms in total. The molecular formula is C13H15BrFN3O. The van der Waals surface area contributed by atoms with Gasteiger partial charge in [0.1, 0.15) is 11.5 Å². The van der Waals surface area contributed by atoms with Gasteiger partial charge < -0.3 is 16.0 Å². The van der Waals surface area contributed by atoms with Gasteiger partial charge in [-0.3, -0.25) is 4.79 Å². The van der Waals surface area contributed by atoms with Crippen molar-refractivity contribution in [1.29, 1.82) is 0 Å². The first-order valence-electron chi connectivity index (χ1n) is 6.02. The number of hydrogen-bond donors (Lipinski definition) is 3. The molecule has 0 aliphatic carbocycles. The first kappa shape index (κ1) is 14.0.